The zero-order valence-electron chi connectivity index (χ0n) is 10.6. The Balaban J connectivity index is 2.17. The first-order valence-corrected chi connectivity index (χ1v) is 6.69. The van der Waals surface area contributed by atoms with Crippen molar-refractivity contribution in [3.8, 4) is 0 Å². The first kappa shape index (κ1) is 14.8. The van der Waals surface area contributed by atoms with Gasteiger partial charge in [-0.3, -0.25) is 0 Å². The van der Waals surface area contributed by atoms with Crippen LogP contribution in [0.4, 0.5) is 18.9 Å². The number of nitrogens with one attached hydrogen (secondary N) is 1. The van der Waals surface area contributed by atoms with Crippen LogP contribution in [0.1, 0.15) is 16.8 Å². The average Bonchev–Trinajstić information content (AvgIpc) is 2.36. The molecule has 0 unspecified atom stereocenters. The minimum Gasteiger partial charge on any atom is -0.379 e. The molecule has 0 fully saturated rings. The molecule has 0 saturated carbocycles. The highest BCUT2D eigenvalue weighted by molar-refractivity contribution is 9.10. The summed E-state index contributed by atoms with van der Waals surface area (Å²) in [6.45, 7) is 2.12. The highest BCUT2D eigenvalue weighted by Gasteiger charge is 2.30. The number of hydrogen-bond acceptors (Lipinski definition) is 2. The standard InChI is InChI=1S/C14H12BrF3N2/c1-9-5-6-10(14(16,17)18)7-12(9)19-8-11-3-2-4-13(15)20-11/h2-7,19H,8H2,1H3. The minimum absolute atomic E-state index is 0.363. The van der Waals surface area contributed by atoms with Crippen molar-refractivity contribution in [3.63, 3.8) is 0 Å². The number of pyridine rings is 1. The highest BCUT2D eigenvalue weighted by Crippen LogP contribution is 2.32. The van der Waals surface area contributed by atoms with E-state index in [1.807, 2.05) is 6.07 Å². The number of hydrogen-bond donors (Lipinski definition) is 1. The van der Waals surface area contributed by atoms with Gasteiger partial charge < -0.3 is 5.32 Å². The predicted molar refractivity (Wildman–Crippen MR) is 75.4 cm³/mol. The molecule has 2 nitrogen and oxygen atoms in total. The molecule has 106 valence electrons. The Morgan fingerprint density at radius 2 is 1.95 bits per heavy atom. The van der Waals surface area contributed by atoms with Crippen LogP contribution in [-0.4, -0.2) is 4.98 Å². The second kappa shape index (κ2) is 5.83. The number of aromatic nitrogens is 1. The fourth-order valence-electron chi connectivity index (χ4n) is 1.72. The minimum atomic E-state index is -4.34. The van der Waals surface area contributed by atoms with Crippen molar-refractivity contribution in [1.29, 1.82) is 0 Å². The quantitative estimate of drug-likeness (QED) is 0.810. The van der Waals surface area contributed by atoms with Gasteiger partial charge in [0.15, 0.2) is 0 Å². The van der Waals surface area contributed by atoms with Gasteiger partial charge in [-0.05, 0) is 52.7 Å². The fraction of sp³-hybridized carbons (Fsp3) is 0.214. The summed E-state index contributed by atoms with van der Waals surface area (Å²) in [5.41, 5.74) is 1.30. The van der Waals surface area contributed by atoms with Gasteiger partial charge in [0, 0.05) is 5.69 Å². The van der Waals surface area contributed by atoms with Gasteiger partial charge in [-0.25, -0.2) is 4.98 Å². The van der Waals surface area contributed by atoms with Crippen molar-refractivity contribution in [3.05, 3.63) is 57.8 Å². The number of halogens is 4. The molecule has 0 radical (unpaired) electrons. The average molecular weight is 345 g/mol. The molecule has 1 N–H and O–H groups in total. The van der Waals surface area contributed by atoms with E-state index in [1.165, 1.54) is 6.07 Å². The molecule has 0 aliphatic carbocycles. The second-order valence-corrected chi connectivity index (χ2v) is 5.15. The van der Waals surface area contributed by atoms with E-state index in [0.29, 0.717) is 16.8 Å². The maximum atomic E-state index is 12.7. The number of alkyl halides is 3. The molecule has 0 amide bonds. The maximum absolute atomic E-state index is 12.7. The molecule has 1 aromatic carbocycles. The van der Waals surface area contributed by atoms with Gasteiger partial charge in [0.2, 0.25) is 0 Å². The first-order chi connectivity index (χ1) is 9.36. The lowest BCUT2D eigenvalue weighted by molar-refractivity contribution is -0.137. The molecule has 6 heteroatoms. The van der Waals surface area contributed by atoms with Gasteiger partial charge >= 0.3 is 6.18 Å². The summed E-state index contributed by atoms with van der Waals surface area (Å²) in [7, 11) is 0. The largest absolute Gasteiger partial charge is 0.416 e. The van der Waals surface area contributed by atoms with E-state index in [2.05, 4.69) is 26.2 Å². The highest BCUT2D eigenvalue weighted by atomic mass is 79.9. The summed E-state index contributed by atoms with van der Waals surface area (Å²) in [4.78, 5) is 4.22. The van der Waals surface area contributed by atoms with Crippen molar-refractivity contribution >= 4 is 21.6 Å². The summed E-state index contributed by atoms with van der Waals surface area (Å²) >= 11 is 3.25. The van der Waals surface area contributed by atoms with Crippen LogP contribution in [0.2, 0.25) is 0 Å². The lowest BCUT2D eigenvalue weighted by atomic mass is 10.1. The lowest BCUT2D eigenvalue weighted by Gasteiger charge is -2.13. The van der Waals surface area contributed by atoms with Crippen molar-refractivity contribution < 1.29 is 13.2 Å². The maximum Gasteiger partial charge on any atom is 0.416 e. The smallest absolute Gasteiger partial charge is 0.379 e. The number of anilines is 1. The molecule has 0 spiro atoms. The third-order valence-corrected chi connectivity index (χ3v) is 3.24. The van der Waals surface area contributed by atoms with Crippen molar-refractivity contribution in [1.82, 2.24) is 4.98 Å². The molecule has 0 bridgehead atoms. The van der Waals surface area contributed by atoms with Crippen LogP contribution in [0.15, 0.2) is 41.0 Å². The Morgan fingerprint density at radius 3 is 2.60 bits per heavy atom. The number of rotatable bonds is 3. The van der Waals surface area contributed by atoms with Crippen molar-refractivity contribution in [2.24, 2.45) is 0 Å². The number of nitrogens with zero attached hydrogens (tertiary/aromatic N) is 1. The molecule has 2 rings (SSSR count). The van der Waals surface area contributed by atoms with Gasteiger partial charge in [-0.2, -0.15) is 13.2 Å². The molecule has 0 atom stereocenters. The number of benzene rings is 1. The van der Waals surface area contributed by atoms with Gasteiger partial charge in [0.05, 0.1) is 17.8 Å². The van der Waals surface area contributed by atoms with Crippen LogP contribution in [0.5, 0.6) is 0 Å². The van der Waals surface area contributed by atoms with Crippen molar-refractivity contribution in [2.45, 2.75) is 19.6 Å². The van der Waals surface area contributed by atoms with Gasteiger partial charge in [0.1, 0.15) is 4.60 Å². The molecule has 20 heavy (non-hydrogen) atoms. The third kappa shape index (κ3) is 3.72. The summed E-state index contributed by atoms with van der Waals surface area (Å²) in [6, 6.07) is 9.08. The molecule has 0 aliphatic heterocycles. The van der Waals surface area contributed by atoms with E-state index < -0.39 is 11.7 Å². The van der Waals surface area contributed by atoms with Crippen LogP contribution in [0.3, 0.4) is 0 Å². The van der Waals surface area contributed by atoms with Crippen LogP contribution < -0.4 is 5.32 Å². The molecular formula is C14H12BrF3N2. The predicted octanol–water partition coefficient (Wildman–Crippen LogP) is 4.78. The fourth-order valence-corrected chi connectivity index (χ4v) is 2.10. The van der Waals surface area contributed by atoms with Gasteiger partial charge in [-0.1, -0.05) is 12.1 Å². The van der Waals surface area contributed by atoms with Gasteiger partial charge in [0.25, 0.3) is 0 Å². The Kier molecular flexibility index (Phi) is 4.32. The van der Waals surface area contributed by atoms with E-state index in [1.54, 1.807) is 19.1 Å². The third-order valence-electron chi connectivity index (χ3n) is 2.80. The topological polar surface area (TPSA) is 24.9 Å². The Labute approximate surface area is 123 Å². The zero-order chi connectivity index (χ0) is 14.8. The van der Waals surface area contributed by atoms with Crippen LogP contribution >= 0.6 is 15.9 Å². The van der Waals surface area contributed by atoms with Crippen LogP contribution in [-0.2, 0) is 12.7 Å². The second-order valence-electron chi connectivity index (χ2n) is 4.33. The normalized spacial score (nSPS) is 11.4. The SMILES string of the molecule is Cc1ccc(C(F)(F)F)cc1NCc1cccc(Br)n1. The summed E-state index contributed by atoms with van der Waals surface area (Å²) in [6.07, 6.45) is -4.34. The number of aryl methyl sites for hydroxylation is 1. The van der Waals surface area contributed by atoms with E-state index in [0.717, 1.165) is 23.4 Å². The zero-order valence-corrected chi connectivity index (χ0v) is 12.2. The molecule has 1 heterocycles. The molecule has 0 saturated heterocycles. The molecule has 1 aromatic heterocycles. The van der Waals surface area contributed by atoms with Crippen LogP contribution in [0.25, 0.3) is 0 Å². The monoisotopic (exact) mass is 344 g/mol. The van der Waals surface area contributed by atoms with Crippen molar-refractivity contribution in [2.75, 3.05) is 5.32 Å². The summed E-state index contributed by atoms with van der Waals surface area (Å²) < 4.78 is 38.7. The van der Waals surface area contributed by atoms with E-state index >= 15 is 0 Å². The Hall–Kier alpha value is -1.56. The molecular weight excluding hydrogens is 333 g/mol. The Bertz CT molecular complexity index is 612. The summed E-state index contributed by atoms with van der Waals surface area (Å²) in [5, 5.41) is 2.99. The summed E-state index contributed by atoms with van der Waals surface area (Å²) in [5.74, 6) is 0. The van der Waals surface area contributed by atoms with Crippen LogP contribution in [0, 0.1) is 6.92 Å². The van der Waals surface area contributed by atoms with E-state index in [9.17, 15) is 13.2 Å². The molecule has 0 aliphatic rings. The van der Waals surface area contributed by atoms with E-state index in [-0.39, 0.29) is 0 Å². The van der Waals surface area contributed by atoms with Gasteiger partial charge in [-0.15, -0.1) is 0 Å². The lowest BCUT2D eigenvalue weighted by Crippen LogP contribution is -2.08. The first-order valence-electron chi connectivity index (χ1n) is 5.89. The Morgan fingerprint density at radius 1 is 1.20 bits per heavy atom. The molecule has 2 aromatic rings. The van der Waals surface area contributed by atoms with E-state index in [4.69, 9.17) is 0 Å².